The smallest absolute Gasteiger partial charge is 0.322 e. The summed E-state index contributed by atoms with van der Waals surface area (Å²) in [5.74, 6) is -0.0258. The fraction of sp³-hybridized carbons (Fsp3) is 0.316. The van der Waals surface area contributed by atoms with Crippen molar-refractivity contribution in [2.24, 2.45) is 0 Å². The Balaban J connectivity index is 1.55. The molecule has 0 bridgehead atoms. The van der Waals surface area contributed by atoms with Crippen molar-refractivity contribution in [1.82, 2.24) is 10.9 Å². The van der Waals surface area contributed by atoms with Gasteiger partial charge in [-0.05, 0) is 30.9 Å². The van der Waals surface area contributed by atoms with Crippen molar-refractivity contribution in [3.63, 3.8) is 0 Å². The molecule has 3 rings (SSSR count). The Bertz CT molecular complexity index is 675. The van der Waals surface area contributed by atoms with Gasteiger partial charge in [0, 0.05) is 5.56 Å². The first kappa shape index (κ1) is 16.5. The summed E-state index contributed by atoms with van der Waals surface area (Å²) in [4.78, 5) is 11.1. The topological polar surface area (TPSA) is 70.6 Å². The number of ether oxygens (including phenoxy) is 1. The van der Waals surface area contributed by atoms with E-state index in [0.717, 1.165) is 24.2 Å². The Hall–Kier alpha value is -2.37. The molecule has 0 spiro atoms. The van der Waals surface area contributed by atoms with Gasteiger partial charge in [0.15, 0.2) is 0 Å². The fourth-order valence-electron chi connectivity index (χ4n) is 2.92. The first-order chi connectivity index (χ1) is 11.7. The zero-order valence-electron chi connectivity index (χ0n) is 13.4. The van der Waals surface area contributed by atoms with E-state index >= 15 is 0 Å². The number of carbonyl (C=O) groups is 1. The van der Waals surface area contributed by atoms with Gasteiger partial charge in [-0.2, -0.15) is 0 Å². The molecule has 24 heavy (non-hydrogen) atoms. The van der Waals surface area contributed by atoms with Gasteiger partial charge in [0.05, 0.1) is 12.6 Å². The van der Waals surface area contributed by atoms with Crippen LogP contribution in [0.2, 0.25) is 0 Å². The van der Waals surface area contributed by atoms with Crippen molar-refractivity contribution in [2.75, 3.05) is 6.61 Å². The minimum atomic E-state index is -0.841. The zero-order chi connectivity index (χ0) is 16.8. The number of carboxylic acid groups (broad SMARTS) is 1. The van der Waals surface area contributed by atoms with Crippen LogP contribution in [0.3, 0.4) is 0 Å². The summed E-state index contributed by atoms with van der Waals surface area (Å²) in [5.41, 5.74) is 8.17. The van der Waals surface area contributed by atoms with Crippen LogP contribution in [-0.4, -0.2) is 23.7 Å². The SMILES string of the molecule is O=C(O)C1CC(c2ccccc2OCCCc2ccccc2)NN1. The largest absolute Gasteiger partial charge is 0.493 e. The highest BCUT2D eigenvalue weighted by Gasteiger charge is 2.31. The molecule has 0 aromatic heterocycles. The standard InChI is InChI=1S/C19H22N2O3/c22-19(23)17-13-16(20-21-17)15-10-4-5-11-18(15)24-12-6-9-14-7-2-1-3-8-14/h1-5,7-8,10-11,16-17,20-21H,6,9,12-13H2,(H,22,23). The van der Waals surface area contributed by atoms with Crippen molar-refractivity contribution in [3.05, 3.63) is 65.7 Å². The van der Waals surface area contributed by atoms with Crippen LogP contribution < -0.4 is 15.6 Å². The highest BCUT2D eigenvalue weighted by Crippen LogP contribution is 2.30. The van der Waals surface area contributed by atoms with Crippen molar-refractivity contribution >= 4 is 5.97 Å². The minimum Gasteiger partial charge on any atom is -0.493 e. The Morgan fingerprint density at radius 1 is 1.08 bits per heavy atom. The summed E-state index contributed by atoms with van der Waals surface area (Å²) in [7, 11) is 0. The maximum atomic E-state index is 11.1. The molecule has 1 aliphatic heterocycles. The molecule has 2 aromatic carbocycles. The van der Waals surface area contributed by atoms with E-state index in [4.69, 9.17) is 9.84 Å². The van der Waals surface area contributed by atoms with Crippen molar-refractivity contribution in [3.8, 4) is 5.75 Å². The first-order valence-electron chi connectivity index (χ1n) is 8.23. The van der Waals surface area contributed by atoms with Crippen molar-refractivity contribution < 1.29 is 14.6 Å². The van der Waals surface area contributed by atoms with Crippen LogP contribution in [0.25, 0.3) is 0 Å². The van der Waals surface area contributed by atoms with E-state index in [0.29, 0.717) is 13.0 Å². The van der Waals surface area contributed by atoms with E-state index in [1.165, 1.54) is 5.56 Å². The third kappa shape index (κ3) is 4.13. The van der Waals surface area contributed by atoms with E-state index in [-0.39, 0.29) is 6.04 Å². The number of hydrazine groups is 1. The third-order valence-corrected chi connectivity index (χ3v) is 4.21. The monoisotopic (exact) mass is 326 g/mol. The minimum absolute atomic E-state index is 0.0589. The number of aliphatic carboxylic acids is 1. The molecular weight excluding hydrogens is 304 g/mol. The predicted octanol–water partition coefficient (Wildman–Crippen LogP) is 2.69. The number of hydrogen-bond donors (Lipinski definition) is 3. The van der Waals surface area contributed by atoms with Crippen molar-refractivity contribution in [2.45, 2.75) is 31.3 Å². The second-order valence-corrected chi connectivity index (χ2v) is 5.94. The van der Waals surface area contributed by atoms with Crippen LogP contribution in [0.5, 0.6) is 5.75 Å². The van der Waals surface area contributed by atoms with E-state index in [1.54, 1.807) is 0 Å². The summed E-state index contributed by atoms with van der Waals surface area (Å²) in [5, 5.41) is 9.10. The summed E-state index contributed by atoms with van der Waals surface area (Å²) >= 11 is 0. The number of benzene rings is 2. The number of hydrogen-bond acceptors (Lipinski definition) is 4. The number of carboxylic acids is 1. The van der Waals surface area contributed by atoms with Gasteiger partial charge in [0.1, 0.15) is 11.8 Å². The number of para-hydroxylation sites is 1. The molecule has 1 fully saturated rings. The van der Waals surface area contributed by atoms with Gasteiger partial charge in [-0.15, -0.1) is 0 Å². The lowest BCUT2D eigenvalue weighted by Crippen LogP contribution is -2.36. The van der Waals surface area contributed by atoms with Gasteiger partial charge in [-0.1, -0.05) is 48.5 Å². The summed E-state index contributed by atoms with van der Waals surface area (Å²) in [6.07, 6.45) is 2.42. The number of nitrogens with one attached hydrogen (secondary N) is 2. The van der Waals surface area contributed by atoms with Crippen molar-refractivity contribution in [1.29, 1.82) is 0 Å². The van der Waals surface area contributed by atoms with Crippen LogP contribution in [0, 0.1) is 0 Å². The Kier molecular flexibility index (Phi) is 5.46. The Labute approximate surface area is 141 Å². The van der Waals surface area contributed by atoms with Crippen LogP contribution in [-0.2, 0) is 11.2 Å². The summed E-state index contributed by atoms with van der Waals surface area (Å²) < 4.78 is 5.95. The van der Waals surface area contributed by atoms with Gasteiger partial charge in [-0.3, -0.25) is 4.79 Å². The predicted molar refractivity (Wildman–Crippen MR) is 91.8 cm³/mol. The second-order valence-electron chi connectivity index (χ2n) is 5.94. The number of aryl methyl sites for hydroxylation is 1. The molecule has 0 aliphatic carbocycles. The lowest BCUT2D eigenvalue weighted by Gasteiger charge is -2.16. The van der Waals surface area contributed by atoms with E-state index in [9.17, 15) is 4.79 Å². The maximum Gasteiger partial charge on any atom is 0.322 e. The van der Waals surface area contributed by atoms with Gasteiger partial charge < -0.3 is 9.84 Å². The molecule has 5 heteroatoms. The quantitative estimate of drug-likeness (QED) is 0.683. The molecule has 1 saturated heterocycles. The molecule has 5 nitrogen and oxygen atoms in total. The molecule has 3 N–H and O–H groups in total. The lowest BCUT2D eigenvalue weighted by atomic mass is 10.0. The molecule has 1 heterocycles. The first-order valence-corrected chi connectivity index (χ1v) is 8.23. The van der Waals surface area contributed by atoms with Crippen LogP contribution in [0.4, 0.5) is 0 Å². The molecule has 2 unspecified atom stereocenters. The van der Waals surface area contributed by atoms with E-state index in [1.807, 2.05) is 42.5 Å². The average Bonchev–Trinajstić information content (AvgIpc) is 3.10. The van der Waals surface area contributed by atoms with Gasteiger partial charge in [0.25, 0.3) is 0 Å². The van der Waals surface area contributed by atoms with E-state index in [2.05, 4.69) is 23.0 Å². The van der Waals surface area contributed by atoms with Crippen LogP contribution >= 0.6 is 0 Å². The number of rotatable bonds is 7. The zero-order valence-corrected chi connectivity index (χ0v) is 13.4. The maximum absolute atomic E-state index is 11.1. The second kappa shape index (κ2) is 7.95. The van der Waals surface area contributed by atoms with Gasteiger partial charge in [0.2, 0.25) is 0 Å². The van der Waals surface area contributed by atoms with Gasteiger partial charge >= 0.3 is 5.97 Å². The summed E-state index contributed by atoms with van der Waals surface area (Å²) in [6.45, 7) is 0.633. The Morgan fingerprint density at radius 3 is 2.58 bits per heavy atom. The molecule has 0 amide bonds. The highest BCUT2D eigenvalue weighted by atomic mass is 16.5. The Morgan fingerprint density at radius 2 is 1.83 bits per heavy atom. The molecule has 0 saturated carbocycles. The summed E-state index contributed by atoms with van der Waals surface area (Å²) in [6, 6.07) is 17.5. The average molecular weight is 326 g/mol. The lowest BCUT2D eigenvalue weighted by molar-refractivity contribution is -0.139. The van der Waals surface area contributed by atoms with Gasteiger partial charge in [-0.25, -0.2) is 10.9 Å². The van der Waals surface area contributed by atoms with E-state index < -0.39 is 12.0 Å². The van der Waals surface area contributed by atoms with Crippen LogP contribution in [0.15, 0.2) is 54.6 Å². The third-order valence-electron chi connectivity index (χ3n) is 4.21. The molecule has 1 aliphatic rings. The van der Waals surface area contributed by atoms with Crippen LogP contribution in [0.1, 0.15) is 30.0 Å². The molecule has 2 aromatic rings. The molecule has 126 valence electrons. The highest BCUT2D eigenvalue weighted by molar-refractivity contribution is 5.73. The molecule has 0 radical (unpaired) electrons. The molecule has 2 atom stereocenters. The molecular formula is C19H22N2O3. The normalized spacial score (nSPS) is 20.0. The fourth-order valence-corrected chi connectivity index (χ4v) is 2.92.